The maximum Gasteiger partial charge on any atom is 0.225 e. The van der Waals surface area contributed by atoms with Gasteiger partial charge in [-0.25, -0.2) is 0 Å². The van der Waals surface area contributed by atoms with E-state index in [4.69, 9.17) is 11.6 Å². The van der Waals surface area contributed by atoms with Crippen molar-refractivity contribution in [3.8, 4) is 0 Å². The second-order valence-electron chi connectivity index (χ2n) is 2.80. The lowest BCUT2D eigenvalue weighted by molar-refractivity contribution is 0.648. The molecule has 1 atom stereocenters. The number of nitrogens with zero attached hydrogens (tertiary/aromatic N) is 3. The summed E-state index contributed by atoms with van der Waals surface area (Å²) in [5, 5.41) is 7.94. The Morgan fingerprint density at radius 3 is 2.69 bits per heavy atom. The highest BCUT2D eigenvalue weighted by Crippen LogP contribution is 2.07. The van der Waals surface area contributed by atoms with Crippen LogP contribution in [0.1, 0.15) is 12.2 Å². The van der Waals surface area contributed by atoms with Crippen molar-refractivity contribution in [2.24, 2.45) is 0 Å². The molecule has 0 bridgehead atoms. The molecule has 6 heteroatoms. The third-order valence-corrected chi connectivity index (χ3v) is 2.85. The Balaban J connectivity index is 2.49. The van der Waals surface area contributed by atoms with Gasteiger partial charge in [0, 0.05) is 29.4 Å². The van der Waals surface area contributed by atoms with Gasteiger partial charge in [-0.1, -0.05) is 0 Å². The second kappa shape index (κ2) is 4.72. The van der Waals surface area contributed by atoms with Crippen LogP contribution in [-0.2, 0) is 17.3 Å². The fourth-order valence-electron chi connectivity index (χ4n) is 1.04. The van der Waals surface area contributed by atoms with Crippen LogP contribution < -0.4 is 0 Å². The number of aromatic nitrogens is 3. The lowest BCUT2D eigenvalue weighted by Gasteiger charge is -2.03. The summed E-state index contributed by atoms with van der Waals surface area (Å²) in [7, 11) is -0.738. The zero-order chi connectivity index (χ0) is 9.84. The highest BCUT2D eigenvalue weighted by molar-refractivity contribution is 7.84. The molecule has 13 heavy (non-hydrogen) atoms. The highest BCUT2D eigenvalue weighted by Gasteiger charge is 2.05. The lowest BCUT2D eigenvalue weighted by atomic mass is 10.4. The van der Waals surface area contributed by atoms with Gasteiger partial charge in [0.15, 0.2) is 0 Å². The standard InChI is InChI=1S/C7H12ClN3OS/c1-6-9-10-7(8)11(6)4-3-5-13(2)12/h3-5H2,1-2H3. The van der Waals surface area contributed by atoms with Gasteiger partial charge in [0.05, 0.1) is 0 Å². The minimum Gasteiger partial charge on any atom is -0.302 e. The van der Waals surface area contributed by atoms with E-state index in [-0.39, 0.29) is 0 Å². The van der Waals surface area contributed by atoms with Crippen molar-refractivity contribution in [1.82, 2.24) is 14.8 Å². The molecule has 0 amide bonds. The smallest absolute Gasteiger partial charge is 0.225 e. The quantitative estimate of drug-likeness (QED) is 0.763. The fourth-order valence-corrected chi connectivity index (χ4v) is 1.82. The molecule has 4 nitrogen and oxygen atoms in total. The third-order valence-electron chi connectivity index (χ3n) is 1.70. The summed E-state index contributed by atoms with van der Waals surface area (Å²) in [5.41, 5.74) is 0. The summed E-state index contributed by atoms with van der Waals surface area (Å²) in [5.74, 6) is 1.49. The van der Waals surface area contributed by atoms with Gasteiger partial charge in [-0.3, -0.25) is 4.21 Å². The van der Waals surface area contributed by atoms with Gasteiger partial charge in [-0.15, -0.1) is 10.2 Å². The maximum atomic E-state index is 10.8. The van der Waals surface area contributed by atoms with E-state index < -0.39 is 10.8 Å². The number of hydrogen-bond acceptors (Lipinski definition) is 3. The summed E-state index contributed by atoms with van der Waals surface area (Å²) >= 11 is 5.77. The van der Waals surface area contributed by atoms with Gasteiger partial charge in [0.2, 0.25) is 5.28 Å². The minimum absolute atomic E-state index is 0.402. The minimum atomic E-state index is -0.738. The molecular formula is C7H12ClN3OS. The van der Waals surface area contributed by atoms with Crippen LogP contribution >= 0.6 is 11.6 Å². The number of halogens is 1. The van der Waals surface area contributed by atoms with Crippen LogP contribution in [-0.4, -0.2) is 31.0 Å². The van der Waals surface area contributed by atoms with E-state index in [9.17, 15) is 4.21 Å². The van der Waals surface area contributed by atoms with E-state index in [2.05, 4.69) is 10.2 Å². The van der Waals surface area contributed by atoms with E-state index in [1.807, 2.05) is 11.5 Å². The molecule has 1 heterocycles. The monoisotopic (exact) mass is 221 g/mol. The largest absolute Gasteiger partial charge is 0.302 e. The van der Waals surface area contributed by atoms with Crippen molar-refractivity contribution in [2.45, 2.75) is 19.9 Å². The van der Waals surface area contributed by atoms with Crippen molar-refractivity contribution in [2.75, 3.05) is 12.0 Å². The van der Waals surface area contributed by atoms with Crippen LogP contribution in [0.15, 0.2) is 0 Å². The Morgan fingerprint density at radius 2 is 2.23 bits per heavy atom. The lowest BCUT2D eigenvalue weighted by Crippen LogP contribution is -2.04. The third kappa shape index (κ3) is 3.08. The summed E-state index contributed by atoms with van der Waals surface area (Å²) in [6, 6.07) is 0. The van der Waals surface area contributed by atoms with Gasteiger partial charge >= 0.3 is 0 Å². The molecule has 0 saturated heterocycles. The van der Waals surface area contributed by atoms with E-state index in [1.165, 1.54) is 0 Å². The molecule has 0 saturated carbocycles. The molecule has 1 aromatic rings. The molecule has 1 aromatic heterocycles. The Hall–Kier alpha value is -0.420. The first-order valence-electron chi connectivity index (χ1n) is 3.96. The highest BCUT2D eigenvalue weighted by atomic mass is 35.5. The average molecular weight is 222 g/mol. The van der Waals surface area contributed by atoms with Crippen LogP contribution in [0.2, 0.25) is 5.28 Å². The Morgan fingerprint density at radius 1 is 1.54 bits per heavy atom. The molecular weight excluding hydrogens is 210 g/mol. The molecule has 0 aliphatic heterocycles. The predicted octanol–water partition coefficient (Wildman–Crippen LogP) is 1.01. The molecule has 74 valence electrons. The van der Waals surface area contributed by atoms with Crippen molar-refractivity contribution < 1.29 is 4.21 Å². The Bertz CT molecular complexity index is 293. The van der Waals surface area contributed by atoms with E-state index in [0.717, 1.165) is 18.8 Å². The SMILES string of the molecule is Cc1nnc(Cl)n1CCCS(C)=O. The molecule has 0 aliphatic carbocycles. The van der Waals surface area contributed by atoms with Gasteiger partial charge in [0.1, 0.15) is 5.82 Å². The van der Waals surface area contributed by atoms with Gasteiger partial charge in [-0.05, 0) is 24.9 Å². The maximum absolute atomic E-state index is 10.8. The topological polar surface area (TPSA) is 47.8 Å². The molecule has 0 N–H and O–H groups in total. The first-order valence-corrected chi connectivity index (χ1v) is 6.07. The first kappa shape index (κ1) is 10.7. The Kier molecular flexibility index (Phi) is 3.87. The van der Waals surface area contributed by atoms with Gasteiger partial charge in [-0.2, -0.15) is 0 Å². The van der Waals surface area contributed by atoms with Crippen LogP contribution in [0.4, 0.5) is 0 Å². The molecule has 1 rings (SSSR count). The van der Waals surface area contributed by atoms with Crippen LogP contribution in [0, 0.1) is 6.92 Å². The molecule has 0 spiro atoms. The van der Waals surface area contributed by atoms with Crippen LogP contribution in [0.25, 0.3) is 0 Å². The Labute approximate surface area is 84.8 Å². The summed E-state index contributed by atoms with van der Waals surface area (Å²) in [6.45, 7) is 2.58. The van der Waals surface area contributed by atoms with E-state index in [0.29, 0.717) is 11.0 Å². The molecule has 1 unspecified atom stereocenters. The van der Waals surface area contributed by atoms with Crippen molar-refractivity contribution in [1.29, 1.82) is 0 Å². The molecule has 0 aromatic carbocycles. The summed E-state index contributed by atoms with van der Waals surface area (Å²) in [6.07, 6.45) is 2.53. The van der Waals surface area contributed by atoms with E-state index >= 15 is 0 Å². The van der Waals surface area contributed by atoms with Gasteiger partial charge < -0.3 is 4.57 Å². The fraction of sp³-hybridized carbons (Fsp3) is 0.714. The zero-order valence-corrected chi connectivity index (χ0v) is 9.23. The van der Waals surface area contributed by atoms with Crippen molar-refractivity contribution >= 4 is 22.4 Å². The molecule has 0 fully saturated rings. The van der Waals surface area contributed by atoms with Crippen LogP contribution in [0.5, 0.6) is 0 Å². The van der Waals surface area contributed by atoms with Crippen LogP contribution in [0.3, 0.4) is 0 Å². The van der Waals surface area contributed by atoms with Crippen molar-refractivity contribution in [3.05, 3.63) is 11.1 Å². The summed E-state index contributed by atoms with van der Waals surface area (Å²) in [4.78, 5) is 0. The second-order valence-corrected chi connectivity index (χ2v) is 4.69. The average Bonchev–Trinajstić information content (AvgIpc) is 2.34. The first-order chi connectivity index (χ1) is 6.11. The van der Waals surface area contributed by atoms with E-state index in [1.54, 1.807) is 6.26 Å². The number of rotatable bonds is 4. The molecule has 0 aliphatic rings. The molecule has 0 radical (unpaired) electrons. The zero-order valence-electron chi connectivity index (χ0n) is 7.66. The predicted molar refractivity (Wildman–Crippen MR) is 53.3 cm³/mol. The van der Waals surface area contributed by atoms with Gasteiger partial charge in [0.25, 0.3) is 0 Å². The normalized spacial score (nSPS) is 13.2. The van der Waals surface area contributed by atoms with Crippen molar-refractivity contribution in [3.63, 3.8) is 0 Å². The number of aryl methyl sites for hydroxylation is 1. The number of hydrogen-bond donors (Lipinski definition) is 0. The summed E-state index contributed by atoms with van der Waals surface area (Å²) < 4.78 is 12.6.